The van der Waals surface area contributed by atoms with Crippen molar-refractivity contribution in [3.05, 3.63) is 17.2 Å². The van der Waals surface area contributed by atoms with E-state index in [1.807, 2.05) is 0 Å². The van der Waals surface area contributed by atoms with Crippen LogP contribution in [0.1, 0.15) is 23.3 Å². The molecule has 1 aromatic rings. The van der Waals surface area contributed by atoms with E-state index < -0.39 is 30.2 Å². The Bertz CT molecular complexity index is 698. The molecule has 2 aliphatic rings. The van der Waals surface area contributed by atoms with Crippen LogP contribution in [0.3, 0.4) is 0 Å². The highest BCUT2D eigenvalue weighted by Crippen LogP contribution is 2.58. The lowest BCUT2D eigenvalue weighted by atomic mass is 10.0. The van der Waals surface area contributed by atoms with Gasteiger partial charge >= 0.3 is 18.0 Å². The van der Waals surface area contributed by atoms with Gasteiger partial charge in [-0.1, -0.05) is 0 Å². The second-order valence-electron chi connectivity index (χ2n) is 4.56. The Morgan fingerprint density at radius 1 is 1.09 bits per heavy atom. The van der Waals surface area contributed by atoms with Gasteiger partial charge in [-0.3, -0.25) is 5.32 Å². The molecule has 0 saturated carbocycles. The van der Waals surface area contributed by atoms with Crippen molar-refractivity contribution in [2.75, 3.05) is 19.5 Å². The van der Waals surface area contributed by atoms with Crippen molar-refractivity contribution in [1.82, 2.24) is 0 Å². The maximum atomic E-state index is 11.8. The molecule has 0 radical (unpaired) electrons. The Kier molecular flexibility index (Phi) is 3.05. The third-order valence-corrected chi connectivity index (χ3v) is 3.39. The van der Waals surface area contributed by atoms with Crippen LogP contribution in [0.2, 0.25) is 0 Å². The lowest BCUT2D eigenvalue weighted by Crippen LogP contribution is -2.20. The molecule has 0 fully saturated rings. The van der Waals surface area contributed by atoms with Gasteiger partial charge < -0.3 is 24.1 Å². The fourth-order valence-corrected chi connectivity index (χ4v) is 2.52. The molecule has 2 N–H and O–H groups in total. The summed E-state index contributed by atoms with van der Waals surface area (Å²) < 4.78 is 20.2. The zero-order valence-corrected chi connectivity index (χ0v) is 11.5. The largest absolute Gasteiger partial charge is 0.469 e. The number of ether oxygens (including phenoxy) is 4. The van der Waals surface area contributed by atoms with Gasteiger partial charge in [0.25, 0.3) is 0 Å². The minimum Gasteiger partial charge on any atom is -0.469 e. The minimum absolute atomic E-state index is 0.0444. The Balaban J connectivity index is 2.10. The molecule has 3 rings (SSSR count). The summed E-state index contributed by atoms with van der Waals surface area (Å²) >= 11 is 0. The minimum atomic E-state index is -1.32. The molecule has 0 aromatic heterocycles. The van der Waals surface area contributed by atoms with Crippen molar-refractivity contribution in [3.63, 3.8) is 0 Å². The van der Waals surface area contributed by atoms with Crippen LogP contribution >= 0.6 is 0 Å². The molecule has 0 spiro atoms. The average molecular weight is 309 g/mol. The van der Waals surface area contributed by atoms with E-state index in [9.17, 15) is 14.4 Å². The first-order chi connectivity index (χ1) is 10.5. The van der Waals surface area contributed by atoms with Gasteiger partial charge in [0, 0.05) is 5.56 Å². The summed E-state index contributed by atoms with van der Waals surface area (Å²) in [5.41, 5.74) is 0.745. The van der Waals surface area contributed by atoms with Crippen molar-refractivity contribution in [3.8, 4) is 11.5 Å². The molecular formula is C13H11NO8. The Morgan fingerprint density at radius 2 is 1.68 bits per heavy atom. The Hall–Kier alpha value is -2.97. The third-order valence-electron chi connectivity index (χ3n) is 3.39. The van der Waals surface area contributed by atoms with Gasteiger partial charge in [0.2, 0.25) is 12.2 Å². The van der Waals surface area contributed by atoms with E-state index in [-0.39, 0.29) is 17.2 Å². The van der Waals surface area contributed by atoms with E-state index in [4.69, 9.17) is 14.6 Å². The number of hydrogen-bond donors (Lipinski definition) is 2. The topological polar surface area (TPSA) is 120 Å². The van der Waals surface area contributed by atoms with E-state index in [1.165, 1.54) is 20.3 Å². The van der Waals surface area contributed by atoms with Gasteiger partial charge in [0.15, 0.2) is 11.5 Å². The smallest absolute Gasteiger partial charge is 0.409 e. The number of nitrogens with one attached hydrogen (secondary N) is 1. The number of carboxylic acid groups (broad SMARTS) is 1. The zero-order valence-electron chi connectivity index (χ0n) is 11.5. The van der Waals surface area contributed by atoms with Crippen molar-refractivity contribution < 1.29 is 38.4 Å². The maximum Gasteiger partial charge on any atom is 0.409 e. The van der Waals surface area contributed by atoms with Crippen molar-refractivity contribution in [2.24, 2.45) is 0 Å². The highest BCUT2D eigenvalue weighted by molar-refractivity contribution is 5.93. The average Bonchev–Trinajstić information content (AvgIpc) is 2.93. The summed E-state index contributed by atoms with van der Waals surface area (Å²) in [5, 5.41) is 11.0. The molecule has 1 amide bonds. The molecule has 1 aromatic carbocycles. The van der Waals surface area contributed by atoms with Crippen LogP contribution in [0, 0.1) is 0 Å². The number of hydrogen-bond acceptors (Lipinski definition) is 7. The highest BCUT2D eigenvalue weighted by Gasteiger charge is 2.49. The number of methoxy groups -OCH3 is 2. The lowest BCUT2D eigenvalue weighted by Gasteiger charge is -2.12. The number of rotatable bonds is 3. The van der Waals surface area contributed by atoms with Crippen LogP contribution in [-0.4, -0.2) is 37.4 Å². The summed E-state index contributed by atoms with van der Waals surface area (Å²) in [6.45, 7) is 0. The van der Waals surface area contributed by atoms with Gasteiger partial charge in [-0.25, -0.2) is 14.4 Å². The van der Waals surface area contributed by atoms with E-state index >= 15 is 0 Å². The molecule has 116 valence electrons. The van der Waals surface area contributed by atoms with E-state index in [0.717, 1.165) is 0 Å². The van der Waals surface area contributed by atoms with Crippen molar-refractivity contribution >= 4 is 23.7 Å². The van der Waals surface area contributed by atoms with Crippen LogP contribution in [0.25, 0.3) is 0 Å². The predicted molar refractivity (Wildman–Crippen MR) is 68.9 cm³/mol. The van der Waals surface area contributed by atoms with Crippen LogP contribution in [0.4, 0.5) is 10.5 Å². The molecular weight excluding hydrogens is 298 g/mol. The van der Waals surface area contributed by atoms with Crippen LogP contribution in [0.5, 0.6) is 11.5 Å². The summed E-state index contributed by atoms with van der Waals surface area (Å²) in [4.78, 5) is 34.4. The second-order valence-corrected chi connectivity index (χ2v) is 4.56. The van der Waals surface area contributed by atoms with Gasteiger partial charge in [0.05, 0.1) is 25.5 Å². The molecule has 9 heteroatoms. The SMILES string of the molecule is COC(=O)C1Oc2c3c(NC(=O)O)cc1c2C(C(=O)OC)O3. The number of amides is 1. The second kappa shape index (κ2) is 4.79. The summed E-state index contributed by atoms with van der Waals surface area (Å²) in [5.74, 6) is -1.16. The number of anilines is 1. The van der Waals surface area contributed by atoms with Crippen molar-refractivity contribution in [1.29, 1.82) is 0 Å². The molecule has 2 atom stereocenters. The molecule has 2 unspecified atom stereocenters. The molecule has 9 nitrogen and oxygen atoms in total. The summed E-state index contributed by atoms with van der Waals surface area (Å²) in [7, 11) is 2.39. The number of carbonyl (C=O) groups is 3. The molecule has 0 aliphatic carbocycles. The number of carbonyl (C=O) groups excluding carboxylic acids is 2. The predicted octanol–water partition coefficient (Wildman–Crippen LogP) is 0.989. The third kappa shape index (κ3) is 1.82. The standard InChI is InChI=1S/C13H11NO8/c1-19-11(15)7-4-3-5(14-13(17)18)8-9(21-7)6(4)10(22-8)12(16)20-2/h3,7,10,14H,1-2H3,(H,17,18). The van der Waals surface area contributed by atoms with Crippen molar-refractivity contribution in [2.45, 2.75) is 12.2 Å². The monoisotopic (exact) mass is 309 g/mol. The fraction of sp³-hybridized carbons (Fsp3) is 0.308. The van der Waals surface area contributed by atoms with Crippen LogP contribution < -0.4 is 14.8 Å². The molecule has 2 heterocycles. The van der Waals surface area contributed by atoms with Gasteiger partial charge in [-0.2, -0.15) is 0 Å². The fourth-order valence-electron chi connectivity index (χ4n) is 2.52. The quantitative estimate of drug-likeness (QED) is 0.793. The normalized spacial score (nSPS) is 19.9. The first-order valence-electron chi connectivity index (χ1n) is 6.17. The molecule has 4 bridgehead atoms. The van der Waals surface area contributed by atoms with Gasteiger partial charge in [-0.05, 0) is 6.07 Å². The molecule has 0 saturated heterocycles. The first-order valence-corrected chi connectivity index (χ1v) is 6.17. The highest BCUT2D eigenvalue weighted by atomic mass is 16.6. The summed E-state index contributed by atoms with van der Waals surface area (Å²) in [6.07, 6.45) is -3.50. The maximum absolute atomic E-state index is 11.8. The Morgan fingerprint density at radius 3 is 2.27 bits per heavy atom. The Labute approximate surface area is 123 Å². The molecule has 2 aliphatic heterocycles. The first kappa shape index (κ1) is 14.0. The van der Waals surface area contributed by atoms with Crippen LogP contribution in [-0.2, 0) is 19.1 Å². The summed E-state index contributed by atoms with van der Waals surface area (Å²) in [6, 6.07) is 1.39. The number of benzene rings is 1. The van der Waals surface area contributed by atoms with E-state index in [2.05, 4.69) is 14.8 Å². The lowest BCUT2D eigenvalue weighted by molar-refractivity contribution is -0.150. The van der Waals surface area contributed by atoms with Crippen LogP contribution in [0.15, 0.2) is 6.07 Å². The van der Waals surface area contributed by atoms with E-state index in [1.54, 1.807) is 0 Å². The zero-order chi connectivity index (χ0) is 16.0. The van der Waals surface area contributed by atoms with Gasteiger partial charge in [-0.15, -0.1) is 0 Å². The number of esters is 2. The van der Waals surface area contributed by atoms with Gasteiger partial charge in [0.1, 0.15) is 0 Å². The van der Waals surface area contributed by atoms with E-state index in [0.29, 0.717) is 11.1 Å². The molecule has 22 heavy (non-hydrogen) atoms.